The molecule has 9 heteroatoms. The number of para-hydroxylation sites is 6. The van der Waals surface area contributed by atoms with Gasteiger partial charge < -0.3 is 0 Å². The van der Waals surface area contributed by atoms with Crippen LogP contribution < -0.4 is 0 Å². The Kier molecular flexibility index (Phi) is 8.59. The van der Waals surface area contributed by atoms with Crippen LogP contribution in [0.2, 0.25) is 0 Å². The van der Waals surface area contributed by atoms with E-state index in [0.717, 1.165) is 84.0 Å². The van der Waals surface area contributed by atoms with Gasteiger partial charge in [0.05, 0.1) is 33.4 Å². The highest BCUT2D eigenvalue weighted by molar-refractivity contribution is 5.88. The number of rotatable bonds is 8. The molecule has 0 amide bonds. The number of nitrogens with zero attached hydrogens (tertiary/aromatic N) is 9. The highest BCUT2D eigenvalue weighted by atomic mass is 15.1. The van der Waals surface area contributed by atoms with Crippen molar-refractivity contribution in [1.82, 2.24) is 44.0 Å². The van der Waals surface area contributed by atoms with E-state index in [-0.39, 0.29) is 0 Å². The molecule has 60 heavy (non-hydrogen) atoms. The fraction of sp³-hybridized carbons (Fsp3) is 0. The van der Waals surface area contributed by atoms with Gasteiger partial charge in [0, 0.05) is 52.6 Å². The smallest absolute Gasteiger partial charge is 0.166 e. The summed E-state index contributed by atoms with van der Waals surface area (Å²) in [6.07, 6.45) is 7.23. The molecular weight excluding hydrogens is 739 g/mol. The van der Waals surface area contributed by atoms with Gasteiger partial charge in [0.25, 0.3) is 0 Å². The number of hydrogen-bond acceptors (Lipinski definition) is 7. The molecule has 0 saturated heterocycles. The number of imidazole rings is 2. The predicted octanol–water partition coefficient (Wildman–Crippen LogP) is 11.3. The number of hydrogen-bond donors (Lipinski definition) is 0. The fourth-order valence-corrected chi connectivity index (χ4v) is 7.82. The lowest BCUT2D eigenvalue weighted by molar-refractivity contribution is 1.04. The highest BCUT2D eigenvalue weighted by Crippen LogP contribution is 2.37. The van der Waals surface area contributed by atoms with Crippen LogP contribution in [0.4, 0.5) is 0 Å². The van der Waals surface area contributed by atoms with Crippen molar-refractivity contribution in [2.45, 2.75) is 0 Å². The van der Waals surface area contributed by atoms with Crippen molar-refractivity contribution in [2.24, 2.45) is 0 Å². The Bertz CT molecular complexity index is 3130. The van der Waals surface area contributed by atoms with Gasteiger partial charge in [-0.15, -0.1) is 0 Å². The van der Waals surface area contributed by atoms with Crippen molar-refractivity contribution in [1.29, 1.82) is 0 Å². The summed E-state index contributed by atoms with van der Waals surface area (Å²) in [4.78, 5) is 35.0. The van der Waals surface area contributed by atoms with Gasteiger partial charge in [-0.05, 0) is 83.9 Å². The fourth-order valence-electron chi connectivity index (χ4n) is 7.82. The minimum atomic E-state index is 0.519. The topological polar surface area (TPSA) is 100 Å². The molecule has 5 heterocycles. The van der Waals surface area contributed by atoms with E-state index < -0.39 is 0 Å². The Balaban J connectivity index is 1.15. The first-order valence-corrected chi connectivity index (χ1v) is 19.6. The van der Waals surface area contributed by atoms with E-state index in [9.17, 15) is 0 Å². The first kappa shape index (κ1) is 34.8. The van der Waals surface area contributed by atoms with E-state index in [0.29, 0.717) is 17.5 Å². The van der Waals surface area contributed by atoms with Crippen LogP contribution in [-0.2, 0) is 0 Å². The van der Waals surface area contributed by atoms with Gasteiger partial charge in [-0.2, -0.15) is 0 Å². The summed E-state index contributed by atoms with van der Waals surface area (Å²) in [7, 11) is 0. The summed E-state index contributed by atoms with van der Waals surface area (Å²) >= 11 is 0. The third-order valence-electron chi connectivity index (χ3n) is 10.6. The van der Waals surface area contributed by atoms with E-state index in [1.807, 2.05) is 103 Å². The van der Waals surface area contributed by atoms with Gasteiger partial charge in [0.1, 0.15) is 11.6 Å². The van der Waals surface area contributed by atoms with Crippen molar-refractivity contribution < 1.29 is 0 Å². The van der Waals surface area contributed by atoms with E-state index in [2.05, 4.69) is 104 Å². The molecule has 11 aromatic rings. The second-order valence-corrected chi connectivity index (χ2v) is 14.3. The van der Waals surface area contributed by atoms with Crippen molar-refractivity contribution in [3.05, 3.63) is 201 Å². The van der Waals surface area contributed by atoms with Crippen molar-refractivity contribution in [2.75, 3.05) is 0 Å². The van der Waals surface area contributed by atoms with Crippen LogP contribution in [0, 0.1) is 0 Å². The molecule has 11 rings (SSSR count). The lowest BCUT2D eigenvalue weighted by Crippen LogP contribution is -2.06. The second-order valence-electron chi connectivity index (χ2n) is 14.3. The molecule has 0 bridgehead atoms. The normalized spacial score (nSPS) is 11.3. The molecule has 0 aliphatic carbocycles. The van der Waals surface area contributed by atoms with Gasteiger partial charge in [-0.3, -0.25) is 19.1 Å². The molecule has 9 nitrogen and oxygen atoms in total. The Morgan fingerprint density at radius 1 is 0.300 bits per heavy atom. The van der Waals surface area contributed by atoms with Crippen LogP contribution in [0.1, 0.15) is 0 Å². The van der Waals surface area contributed by atoms with E-state index in [1.165, 1.54) is 0 Å². The van der Waals surface area contributed by atoms with Crippen LogP contribution in [0.15, 0.2) is 201 Å². The molecule has 0 aliphatic heterocycles. The lowest BCUT2D eigenvalue weighted by atomic mass is 10.0. The standard InChI is InChI=1S/C51H33N9/c1-2-14-34(15-3-1)35-26-28-36(29-27-35)47-56-48(39-18-4-8-22-43(39)59-45-24-10-6-20-41(45)54-50(59)37-16-12-30-52-32-37)58-49(57-47)40-19-5-9-23-44(40)60-46-25-11-7-21-42(46)55-51(60)38-17-13-31-53-33-38/h1-33H. The third-order valence-corrected chi connectivity index (χ3v) is 10.6. The average molecular weight is 772 g/mol. The molecule has 0 spiro atoms. The van der Waals surface area contributed by atoms with Crippen LogP contribution >= 0.6 is 0 Å². The van der Waals surface area contributed by atoms with E-state index in [4.69, 9.17) is 24.9 Å². The minimum absolute atomic E-state index is 0.519. The number of aromatic nitrogens is 9. The molecule has 282 valence electrons. The molecule has 0 atom stereocenters. The predicted molar refractivity (Wildman–Crippen MR) is 237 cm³/mol. The SMILES string of the molecule is c1ccc(-c2ccc(-c3nc(-c4ccccc4-n4c(-c5cccnc5)nc5ccccc54)nc(-c4ccccc4-n4c(-c5cccnc5)nc5ccccc54)n3)cc2)cc1. The summed E-state index contributed by atoms with van der Waals surface area (Å²) in [6, 6.07) is 59.4. The third kappa shape index (κ3) is 6.18. The number of fused-ring (bicyclic) bond motifs is 2. The Labute approximate surface area is 345 Å². The van der Waals surface area contributed by atoms with Crippen LogP contribution in [0.3, 0.4) is 0 Å². The van der Waals surface area contributed by atoms with Crippen molar-refractivity contribution >= 4 is 22.1 Å². The summed E-state index contributed by atoms with van der Waals surface area (Å²) in [6.45, 7) is 0. The lowest BCUT2D eigenvalue weighted by Gasteiger charge is -2.17. The number of pyridine rings is 2. The first-order chi connectivity index (χ1) is 29.8. The molecule has 0 fully saturated rings. The zero-order valence-corrected chi connectivity index (χ0v) is 32.1. The minimum Gasteiger partial charge on any atom is -0.292 e. The van der Waals surface area contributed by atoms with Gasteiger partial charge in [-0.1, -0.05) is 103 Å². The molecule has 0 aliphatic rings. The summed E-state index contributed by atoms with van der Waals surface area (Å²) < 4.78 is 4.34. The maximum Gasteiger partial charge on any atom is 0.166 e. The van der Waals surface area contributed by atoms with Crippen LogP contribution in [0.5, 0.6) is 0 Å². The Morgan fingerprint density at radius 2 is 0.717 bits per heavy atom. The van der Waals surface area contributed by atoms with Gasteiger partial charge in [-0.25, -0.2) is 24.9 Å². The maximum absolute atomic E-state index is 5.36. The van der Waals surface area contributed by atoms with Crippen molar-refractivity contribution in [3.8, 4) is 79.4 Å². The molecular formula is C51H33N9. The molecule has 5 aromatic heterocycles. The van der Waals surface area contributed by atoms with Gasteiger partial charge in [0.15, 0.2) is 17.5 Å². The van der Waals surface area contributed by atoms with E-state index >= 15 is 0 Å². The molecule has 0 saturated carbocycles. The zero-order chi connectivity index (χ0) is 39.8. The largest absolute Gasteiger partial charge is 0.292 e. The highest BCUT2D eigenvalue weighted by Gasteiger charge is 2.23. The Morgan fingerprint density at radius 3 is 1.23 bits per heavy atom. The van der Waals surface area contributed by atoms with Crippen molar-refractivity contribution in [3.63, 3.8) is 0 Å². The zero-order valence-electron chi connectivity index (χ0n) is 32.1. The first-order valence-electron chi connectivity index (χ1n) is 19.6. The summed E-state index contributed by atoms with van der Waals surface area (Å²) in [5.74, 6) is 3.12. The van der Waals surface area contributed by atoms with E-state index in [1.54, 1.807) is 12.4 Å². The van der Waals surface area contributed by atoms with Gasteiger partial charge in [0.2, 0.25) is 0 Å². The monoisotopic (exact) mass is 771 g/mol. The van der Waals surface area contributed by atoms with Crippen LogP contribution in [-0.4, -0.2) is 44.0 Å². The van der Waals surface area contributed by atoms with Gasteiger partial charge >= 0.3 is 0 Å². The quantitative estimate of drug-likeness (QED) is 0.152. The molecule has 0 unspecified atom stereocenters. The second kappa shape index (κ2) is 14.8. The average Bonchev–Trinajstić information content (AvgIpc) is 3.92. The molecule has 0 N–H and O–H groups in total. The summed E-state index contributed by atoms with van der Waals surface area (Å²) in [5, 5.41) is 0. The Hall–Kier alpha value is -8.43. The molecule has 0 radical (unpaired) electrons. The number of benzene rings is 6. The maximum atomic E-state index is 5.36. The summed E-state index contributed by atoms with van der Waals surface area (Å²) in [5.41, 5.74) is 11.9. The van der Waals surface area contributed by atoms with Crippen LogP contribution in [0.25, 0.3) is 102 Å². The molecule has 6 aromatic carbocycles.